The zero-order chi connectivity index (χ0) is 11.8. The third kappa shape index (κ3) is 1.58. The highest BCUT2D eigenvalue weighted by molar-refractivity contribution is 5.86. The fourth-order valence-electron chi connectivity index (χ4n) is 2.62. The number of anilines is 1. The van der Waals surface area contributed by atoms with Gasteiger partial charge in [0.1, 0.15) is 5.52 Å². The zero-order valence-electron chi connectivity index (χ0n) is 10.0. The Hall–Kier alpha value is -1.62. The summed E-state index contributed by atoms with van der Waals surface area (Å²) in [6.45, 7) is 1.72. The maximum Gasteiger partial charge on any atom is 0.157 e. The molecule has 3 heterocycles. The van der Waals surface area contributed by atoms with Crippen LogP contribution in [0, 0.1) is 0 Å². The first-order chi connectivity index (χ1) is 8.31. The number of rotatable bonds is 2. The maximum absolute atomic E-state index is 5.82. The summed E-state index contributed by atoms with van der Waals surface area (Å²) in [5.74, 6) is 0.982. The molecule has 0 amide bonds. The summed E-state index contributed by atoms with van der Waals surface area (Å²) in [6.07, 6.45) is 6.03. The van der Waals surface area contributed by atoms with Crippen LogP contribution in [-0.2, 0) is 7.05 Å². The first-order valence-electron chi connectivity index (χ1n) is 6.04. The number of hydrogen-bond donors (Lipinski definition) is 1. The lowest BCUT2D eigenvalue weighted by molar-refractivity contribution is 0.673. The van der Waals surface area contributed by atoms with E-state index in [1.165, 1.54) is 6.42 Å². The van der Waals surface area contributed by atoms with Crippen LogP contribution >= 0.6 is 0 Å². The second kappa shape index (κ2) is 4.00. The molecule has 0 aromatic carbocycles. The minimum atomic E-state index is 0.412. The number of pyridine rings is 1. The Kier molecular flexibility index (Phi) is 2.48. The highest BCUT2D eigenvalue weighted by Crippen LogP contribution is 2.28. The molecule has 0 bridgehead atoms. The van der Waals surface area contributed by atoms with Crippen molar-refractivity contribution in [3.8, 4) is 0 Å². The van der Waals surface area contributed by atoms with Gasteiger partial charge in [-0.3, -0.25) is 0 Å². The summed E-state index contributed by atoms with van der Waals surface area (Å²) in [5.41, 5.74) is 7.92. The Morgan fingerprint density at radius 1 is 1.47 bits per heavy atom. The van der Waals surface area contributed by atoms with Crippen molar-refractivity contribution in [2.75, 3.05) is 18.0 Å². The fourth-order valence-corrected chi connectivity index (χ4v) is 2.62. The monoisotopic (exact) mass is 231 g/mol. The molecule has 1 unspecified atom stereocenters. The van der Waals surface area contributed by atoms with E-state index < -0.39 is 0 Å². The highest BCUT2D eigenvalue weighted by atomic mass is 15.2. The van der Waals surface area contributed by atoms with Crippen molar-refractivity contribution >= 4 is 16.9 Å². The first-order valence-corrected chi connectivity index (χ1v) is 6.04. The van der Waals surface area contributed by atoms with Crippen LogP contribution < -0.4 is 10.6 Å². The van der Waals surface area contributed by atoms with E-state index in [-0.39, 0.29) is 0 Å². The van der Waals surface area contributed by atoms with Gasteiger partial charge in [0.25, 0.3) is 0 Å². The second-order valence-electron chi connectivity index (χ2n) is 4.58. The molecule has 0 spiro atoms. The van der Waals surface area contributed by atoms with Crippen LogP contribution in [0.15, 0.2) is 18.6 Å². The Bertz CT molecular complexity index is 533. The number of hydrogen-bond acceptors (Lipinski definition) is 4. The molecule has 1 saturated heterocycles. The minimum absolute atomic E-state index is 0.412. The molecule has 1 atom stereocenters. The average molecular weight is 231 g/mol. The van der Waals surface area contributed by atoms with E-state index in [0.717, 1.165) is 29.8 Å². The topological polar surface area (TPSA) is 60.0 Å². The van der Waals surface area contributed by atoms with Gasteiger partial charge < -0.3 is 15.2 Å². The van der Waals surface area contributed by atoms with Gasteiger partial charge in [-0.2, -0.15) is 0 Å². The van der Waals surface area contributed by atoms with Crippen molar-refractivity contribution in [2.45, 2.75) is 18.9 Å². The van der Waals surface area contributed by atoms with Gasteiger partial charge in [-0.15, -0.1) is 0 Å². The van der Waals surface area contributed by atoms with E-state index in [1.807, 2.05) is 30.2 Å². The molecule has 2 aromatic heterocycles. The minimum Gasteiger partial charge on any atom is -0.351 e. The molecule has 3 rings (SSSR count). The van der Waals surface area contributed by atoms with E-state index in [1.54, 1.807) is 0 Å². The molecular weight excluding hydrogens is 214 g/mol. The van der Waals surface area contributed by atoms with E-state index in [4.69, 9.17) is 5.73 Å². The SMILES string of the molecule is Cn1cnc2c(N3CCCC3CN)nccc21. The molecule has 5 heteroatoms. The summed E-state index contributed by atoms with van der Waals surface area (Å²) in [5, 5.41) is 0. The summed E-state index contributed by atoms with van der Waals surface area (Å²) in [7, 11) is 2.00. The van der Waals surface area contributed by atoms with Crippen molar-refractivity contribution in [3.63, 3.8) is 0 Å². The number of aryl methyl sites for hydroxylation is 1. The van der Waals surface area contributed by atoms with Gasteiger partial charge in [0.15, 0.2) is 5.82 Å². The Labute approximate surface area is 100 Å². The van der Waals surface area contributed by atoms with Gasteiger partial charge in [0.2, 0.25) is 0 Å². The van der Waals surface area contributed by atoms with E-state index in [9.17, 15) is 0 Å². The molecule has 0 radical (unpaired) electrons. The Morgan fingerprint density at radius 3 is 3.18 bits per heavy atom. The molecule has 90 valence electrons. The van der Waals surface area contributed by atoms with E-state index in [2.05, 4.69) is 14.9 Å². The third-order valence-corrected chi connectivity index (χ3v) is 3.54. The highest BCUT2D eigenvalue weighted by Gasteiger charge is 2.26. The van der Waals surface area contributed by atoms with Gasteiger partial charge in [-0.25, -0.2) is 9.97 Å². The standard InChI is InChI=1S/C12H17N5/c1-16-8-15-11-10(16)4-5-14-12(11)17-6-2-3-9(17)7-13/h4-5,8-9H,2-3,6-7,13H2,1H3. The molecule has 17 heavy (non-hydrogen) atoms. The molecule has 2 aromatic rings. The Balaban J connectivity index is 2.10. The predicted octanol–water partition coefficient (Wildman–Crippen LogP) is 0.896. The number of aromatic nitrogens is 3. The average Bonchev–Trinajstić information content (AvgIpc) is 2.96. The molecule has 1 aliphatic rings. The van der Waals surface area contributed by atoms with Crippen LogP contribution in [-0.4, -0.2) is 33.7 Å². The maximum atomic E-state index is 5.82. The van der Waals surface area contributed by atoms with Gasteiger partial charge in [-0.05, 0) is 18.9 Å². The van der Waals surface area contributed by atoms with Gasteiger partial charge >= 0.3 is 0 Å². The van der Waals surface area contributed by atoms with Crippen LogP contribution in [0.3, 0.4) is 0 Å². The van der Waals surface area contributed by atoms with Crippen LogP contribution in [0.2, 0.25) is 0 Å². The molecule has 0 saturated carbocycles. The molecule has 5 nitrogen and oxygen atoms in total. The van der Waals surface area contributed by atoms with Crippen molar-refractivity contribution in [2.24, 2.45) is 12.8 Å². The van der Waals surface area contributed by atoms with Crippen LogP contribution in [0.1, 0.15) is 12.8 Å². The van der Waals surface area contributed by atoms with Crippen LogP contribution in [0.5, 0.6) is 0 Å². The zero-order valence-corrected chi connectivity index (χ0v) is 10.0. The van der Waals surface area contributed by atoms with Crippen molar-refractivity contribution in [3.05, 3.63) is 18.6 Å². The van der Waals surface area contributed by atoms with Crippen molar-refractivity contribution in [1.29, 1.82) is 0 Å². The van der Waals surface area contributed by atoms with E-state index in [0.29, 0.717) is 12.6 Å². The lowest BCUT2D eigenvalue weighted by Gasteiger charge is -2.24. The molecule has 2 N–H and O–H groups in total. The van der Waals surface area contributed by atoms with Crippen LogP contribution in [0.25, 0.3) is 11.0 Å². The number of nitrogens with zero attached hydrogens (tertiary/aromatic N) is 4. The predicted molar refractivity (Wildman–Crippen MR) is 67.9 cm³/mol. The normalized spacial score (nSPS) is 20.4. The largest absolute Gasteiger partial charge is 0.351 e. The van der Waals surface area contributed by atoms with Gasteiger partial charge in [-0.1, -0.05) is 0 Å². The summed E-state index contributed by atoms with van der Waals surface area (Å²) in [4.78, 5) is 11.2. The van der Waals surface area contributed by atoms with E-state index >= 15 is 0 Å². The number of fused-ring (bicyclic) bond motifs is 1. The van der Waals surface area contributed by atoms with Crippen LogP contribution in [0.4, 0.5) is 5.82 Å². The number of nitrogens with two attached hydrogens (primary N) is 1. The molecule has 1 aliphatic heterocycles. The second-order valence-corrected chi connectivity index (χ2v) is 4.58. The lowest BCUT2D eigenvalue weighted by atomic mass is 10.2. The van der Waals surface area contributed by atoms with Crippen molar-refractivity contribution < 1.29 is 0 Å². The third-order valence-electron chi connectivity index (χ3n) is 3.54. The lowest BCUT2D eigenvalue weighted by Crippen LogP contribution is -2.36. The smallest absolute Gasteiger partial charge is 0.157 e. The summed E-state index contributed by atoms with van der Waals surface area (Å²) in [6, 6.07) is 2.41. The molecule has 0 aliphatic carbocycles. The fraction of sp³-hybridized carbons (Fsp3) is 0.500. The quantitative estimate of drug-likeness (QED) is 0.834. The van der Waals surface area contributed by atoms with Gasteiger partial charge in [0, 0.05) is 32.4 Å². The molecule has 1 fully saturated rings. The van der Waals surface area contributed by atoms with Gasteiger partial charge in [0.05, 0.1) is 11.8 Å². The first kappa shape index (κ1) is 10.5. The summed E-state index contributed by atoms with van der Waals surface area (Å²) >= 11 is 0. The molecular formula is C12H17N5. The van der Waals surface area contributed by atoms with Crippen molar-refractivity contribution in [1.82, 2.24) is 14.5 Å². The summed E-state index contributed by atoms with van der Waals surface area (Å²) < 4.78 is 2.02. The number of imidazole rings is 1. The Morgan fingerprint density at radius 2 is 2.35 bits per heavy atom.